The summed E-state index contributed by atoms with van der Waals surface area (Å²) in [6.07, 6.45) is -0.921. The maximum atomic E-state index is 12.1. The van der Waals surface area contributed by atoms with E-state index in [-0.39, 0.29) is 0 Å². The normalized spacial score (nSPS) is 42.6. The van der Waals surface area contributed by atoms with Crippen molar-refractivity contribution in [2.24, 2.45) is 10.8 Å². The summed E-state index contributed by atoms with van der Waals surface area (Å²) in [5, 5.41) is 23.7. The Hall–Kier alpha value is -0.810. The summed E-state index contributed by atoms with van der Waals surface area (Å²) in [6.45, 7) is 11.4. The molecule has 2 saturated carbocycles. The van der Waals surface area contributed by atoms with Gasteiger partial charge in [0.2, 0.25) is 0 Å². The summed E-state index contributed by atoms with van der Waals surface area (Å²) in [6, 6.07) is 0. The molecule has 2 bridgehead atoms. The second-order valence-corrected chi connectivity index (χ2v) is 8.03. The first-order chi connectivity index (χ1) is 8.87. The van der Waals surface area contributed by atoms with Crippen LogP contribution < -0.4 is 5.32 Å². The number of aliphatic hydroxyl groups excluding tert-OH is 2. The molecular formula is C15H27NO4. The molecule has 0 aromatic heterocycles. The molecule has 0 spiro atoms. The van der Waals surface area contributed by atoms with Crippen molar-refractivity contribution in [1.29, 1.82) is 0 Å². The molecule has 0 saturated heterocycles. The van der Waals surface area contributed by atoms with Crippen molar-refractivity contribution in [3.8, 4) is 0 Å². The van der Waals surface area contributed by atoms with E-state index in [1.165, 1.54) is 0 Å². The van der Waals surface area contributed by atoms with Crippen LogP contribution in [0.2, 0.25) is 0 Å². The minimum atomic E-state index is -0.969. The predicted octanol–water partition coefficient (Wildman–Crippen LogP) is 1.81. The first-order valence-electron chi connectivity index (χ1n) is 7.25. The number of carbonyl (C=O) groups is 1. The second kappa shape index (κ2) is 4.10. The molecule has 1 amide bonds. The molecular weight excluding hydrogens is 258 g/mol. The van der Waals surface area contributed by atoms with Gasteiger partial charge in [0.05, 0.1) is 11.6 Å². The molecule has 3 N–H and O–H groups in total. The molecule has 4 atom stereocenters. The van der Waals surface area contributed by atoms with Crippen LogP contribution in [-0.2, 0) is 4.74 Å². The summed E-state index contributed by atoms with van der Waals surface area (Å²) < 4.78 is 5.31. The van der Waals surface area contributed by atoms with E-state index in [9.17, 15) is 15.0 Å². The second-order valence-electron chi connectivity index (χ2n) is 8.03. The average Bonchev–Trinajstić information content (AvgIpc) is 2.50. The Bertz CT molecular complexity index is 428. The largest absolute Gasteiger partial charge is 0.444 e. The molecule has 0 unspecified atom stereocenters. The number of hydrogen-bond acceptors (Lipinski definition) is 4. The molecule has 0 heterocycles. The van der Waals surface area contributed by atoms with Crippen LogP contribution in [0.3, 0.4) is 0 Å². The van der Waals surface area contributed by atoms with Gasteiger partial charge in [0.25, 0.3) is 0 Å². The van der Waals surface area contributed by atoms with Gasteiger partial charge in [0.15, 0.2) is 0 Å². The first-order valence-corrected chi connectivity index (χ1v) is 7.25. The zero-order valence-electron chi connectivity index (χ0n) is 13.3. The summed E-state index contributed by atoms with van der Waals surface area (Å²) in [7, 11) is 0. The highest BCUT2D eigenvalue weighted by atomic mass is 16.6. The van der Waals surface area contributed by atoms with Crippen LogP contribution in [0.25, 0.3) is 0 Å². The van der Waals surface area contributed by atoms with E-state index in [4.69, 9.17) is 4.74 Å². The van der Waals surface area contributed by atoms with Crippen LogP contribution in [0.4, 0.5) is 4.79 Å². The maximum Gasteiger partial charge on any atom is 0.408 e. The van der Waals surface area contributed by atoms with Gasteiger partial charge < -0.3 is 20.3 Å². The number of carbonyl (C=O) groups excluding carboxylic acids is 1. The van der Waals surface area contributed by atoms with Crippen molar-refractivity contribution in [2.75, 3.05) is 0 Å². The van der Waals surface area contributed by atoms with Crippen molar-refractivity contribution < 1.29 is 19.7 Å². The lowest BCUT2D eigenvalue weighted by Gasteiger charge is -2.42. The van der Waals surface area contributed by atoms with E-state index in [0.29, 0.717) is 6.42 Å². The van der Waals surface area contributed by atoms with E-state index < -0.39 is 40.3 Å². The van der Waals surface area contributed by atoms with Crippen molar-refractivity contribution in [3.05, 3.63) is 0 Å². The average molecular weight is 285 g/mol. The van der Waals surface area contributed by atoms with Crippen LogP contribution in [0.1, 0.15) is 54.4 Å². The molecule has 20 heavy (non-hydrogen) atoms. The molecule has 0 aliphatic heterocycles. The van der Waals surface area contributed by atoms with Crippen molar-refractivity contribution in [3.63, 3.8) is 0 Å². The standard InChI is InChI=1S/C15H27NO4/c1-12(2,3)20-11(19)16-15-8-7-14(6,13(15,4)5)9(17)10(15)18/h9-10,17-18H,7-8H2,1-6H3,(H,16,19)/t9-,10+,14-,15+/m0/s1. The number of alkyl carbamates (subject to hydrolysis) is 1. The predicted molar refractivity (Wildman–Crippen MR) is 75.2 cm³/mol. The van der Waals surface area contributed by atoms with Crippen LogP contribution in [-0.4, -0.2) is 39.7 Å². The molecule has 0 aromatic carbocycles. The van der Waals surface area contributed by atoms with E-state index in [0.717, 1.165) is 6.42 Å². The highest BCUT2D eigenvalue weighted by molar-refractivity contribution is 5.69. The third-order valence-electron chi connectivity index (χ3n) is 5.76. The molecule has 2 fully saturated rings. The van der Waals surface area contributed by atoms with Crippen LogP contribution >= 0.6 is 0 Å². The van der Waals surface area contributed by atoms with E-state index in [1.54, 1.807) is 20.8 Å². The number of amides is 1. The molecule has 0 radical (unpaired) electrons. The van der Waals surface area contributed by atoms with Gasteiger partial charge in [-0.25, -0.2) is 4.79 Å². The zero-order chi connectivity index (χ0) is 15.6. The Labute approximate surface area is 120 Å². The fourth-order valence-electron chi connectivity index (χ4n) is 4.02. The van der Waals surface area contributed by atoms with E-state index in [2.05, 4.69) is 5.32 Å². The molecule has 0 aromatic rings. The van der Waals surface area contributed by atoms with Gasteiger partial charge in [0.1, 0.15) is 11.7 Å². The smallest absolute Gasteiger partial charge is 0.408 e. The summed E-state index contributed by atoms with van der Waals surface area (Å²) in [4.78, 5) is 12.1. The van der Waals surface area contributed by atoms with Gasteiger partial charge in [-0.3, -0.25) is 0 Å². The lowest BCUT2D eigenvalue weighted by molar-refractivity contribution is -0.0598. The Kier molecular flexibility index (Phi) is 3.20. The van der Waals surface area contributed by atoms with Crippen LogP contribution in [0, 0.1) is 10.8 Å². The Balaban J connectivity index is 2.28. The van der Waals surface area contributed by atoms with Gasteiger partial charge in [-0.2, -0.15) is 0 Å². The van der Waals surface area contributed by atoms with Gasteiger partial charge in [-0.05, 0) is 39.0 Å². The first kappa shape index (κ1) is 15.6. The minimum Gasteiger partial charge on any atom is -0.444 e. The minimum absolute atomic E-state index is 0.401. The van der Waals surface area contributed by atoms with Crippen LogP contribution in [0.15, 0.2) is 0 Å². The molecule has 2 aliphatic carbocycles. The van der Waals surface area contributed by atoms with E-state index in [1.807, 2.05) is 20.8 Å². The highest BCUT2D eigenvalue weighted by Gasteiger charge is 2.74. The van der Waals surface area contributed by atoms with Gasteiger partial charge in [-0.15, -0.1) is 0 Å². The SMILES string of the molecule is CC(C)(C)OC(=O)N[C@]12CC[C@@](C)([C@@H](O)[C@H]1O)C2(C)C. The van der Waals surface area contributed by atoms with Gasteiger partial charge in [-0.1, -0.05) is 20.8 Å². The molecule has 5 heteroatoms. The molecule has 5 nitrogen and oxygen atoms in total. The van der Waals surface area contributed by atoms with E-state index >= 15 is 0 Å². The number of fused-ring (bicyclic) bond motifs is 2. The topological polar surface area (TPSA) is 78.8 Å². The quantitative estimate of drug-likeness (QED) is 0.686. The molecule has 2 aliphatic rings. The molecule has 2 rings (SSSR count). The highest BCUT2D eigenvalue weighted by Crippen LogP contribution is 2.67. The fraction of sp³-hybridized carbons (Fsp3) is 0.933. The lowest BCUT2D eigenvalue weighted by atomic mass is 9.68. The third kappa shape index (κ3) is 1.79. The van der Waals surface area contributed by atoms with Crippen molar-refractivity contribution in [1.82, 2.24) is 5.32 Å². The number of aliphatic hydroxyl groups is 2. The van der Waals surface area contributed by atoms with Crippen molar-refractivity contribution in [2.45, 2.75) is 77.7 Å². The number of nitrogens with one attached hydrogen (secondary N) is 1. The zero-order valence-corrected chi connectivity index (χ0v) is 13.3. The van der Waals surface area contributed by atoms with Crippen molar-refractivity contribution >= 4 is 6.09 Å². The molecule has 116 valence electrons. The summed E-state index contributed by atoms with van der Waals surface area (Å²) >= 11 is 0. The number of ether oxygens (including phenoxy) is 1. The third-order valence-corrected chi connectivity index (χ3v) is 5.76. The Morgan fingerprint density at radius 1 is 1.15 bits per heavy atom. The maximum absolute atomic E-state index is 12.1. The fourth-order valence-corrected chi connectivity index (χ4v) is 4.02. The Morgan fingerprint density at radius 2 is 1.70 bits per heavy atom. The summed E-state index contributed by atoms with van der Waals surface area (Å²) in [5.41, 5.74) is -2.23. The van der Waals surface area contributed by atoms with Gasteiger partial charge >= 0.3 is 6.09 Å². The number of rotatable bonds is 1. The number of hydrogen-bond donors (Lipinski definition) is 3. The van der Waals surface area contributed by atoms with Crippen LogP contribution in [0.5, 0.6) is 0 Å². The lowest BCUT2D eigenvalue weighted by Crippen LogP contribution is -2.61. The monoisotopic (exact) mass is 285 g/mol. The Morgan fingerprint density at radius 3 is 2.10 bits per heavy atom. The van der Waals surface area contributed by atoms with Gasteiger partial charge in [0, 0.05) is 5.41 Å². The summed E-state index contributed by atoms with van der Waals surface area (Å²) in [5.74, 6) is 0.